The van der Waals surface area contributed by atoms with Gasteiger partial charge in [-0.1, -0.05) is 24.3 Å². The smallest absolute Gasteiger partial charge is 0.332 e. The van der Waals surface area contributed by atoms with Gasteiger partial charge in [0.25, 0.3) is 0 Å². The van der Waals surface area contributed by atoms with E-state index in [2.05, 4.69) is 0 Å². The molecule has 0 bridgehead atoms. The first kappa shape index (κ1) is 11.4. The van der Waals surface area contributed by atoms with Crippen LogP contribution in [0.5, 0.6) is 0 Å². The first-order valence-electron chi connectivity index (χ1n) is 4.52. The minimum absolute atomic E-state index is 0.0505. The molecule has 4 heteroatoms. The normalized spacial score (nSPS) is 12.1. The summed E-state index contributed by atoms with van der Waals surface area (Å²) < 4.78 is 0. The molecule has 0 aliphatic rings. The molecule has 0 aliphatic carbocycles. The molecule has 0 amide bonds. The fraction of sp³-hybridized carbons (Fsp3) is 0.273. The average molecular weight is 208 g/mol. The number of hydrogen-bond acceptors (Lipinski definition) is 3. The highest BCUT2D eigenvalue weighted by molar-refractivity contribution is 5.95. The third-order valence-electron chi connectivity index (χ3n) is 2.09. The van der Waals surface area contributed by atoms with E-state index in [1.807, 2.05) is 0 Å². The summed E-state index contributed by atoms with van der Waals surface area (Å²) in [6.07, 6.45) is -1.52. The Balaban J connectivity index is 2.94. The summed E-state index contributed by atoms with van der Waals surface area (Å²) in [5, 5.41) is 17.7. The molecule has 4 nitrogen and oxygen atoms in total. The standard InChI is InChI=1S/C11H12O4/c1-7(12)9-5-3-2-4-8(9)6-10(13)11(14)15/h2-5,10,13H,6H2,1H3,(H,14,15). The number of hydrogen-bond donors (Lipinski definition) is 2. The number of aliphatic hydroxyl groups excluding tert-OH is 1. The number of carboxylic acid groups (broad SMARTS) is 1. The van der Waals surface area contributed by atoms with Crippen molar-refractivity contribution < 1.29 is 19.8 Å². The lowest BCUT2D eigenvalue weighted by Crippen LogP contribution is -2.22. The van der Waals surface area contributed by atoms with Gasteiger partial charge in [0, 0.05) is 12.0 Å². The average Bonchev–Trinajstić information content (AvgIpc) is 2.18. The number of carboxylic acids is 1. The van der Waals surface area contributed by atoms with Crippen LogP contribution in [0, 0.1) is 0 Å². The maximum absolute atomic E-state index is 11.2. The summed E-state index contributed by atoms with van der Waals surface area (Å²) >= 11 is 0. The van der Waals surface area contributed by atoms with Crippen LogP contribution in [0.2, 0.25) is 0 Å². The number of carbonyl (C=O) groups is 2. The molecule has 0 fully saturated rings. The zero-order valence-corrected chi connectivity index (χ0v) is 8.30. The van der Waals surface area contributed by atoms with E-state index < -0.39 is 12.1 Å². The van der Waals surface area contributed by atoms with Crippen molar-refractivity contribution in [2.45, 2.75) is 19.4 Å². The van der Waals surface area contributed by atoms with Crippen LogP contribution < -0.4 is 0 Å². The van der Waals surface area contributed by atoms with Gasteiger partial charge in [0.05, 0.1) is 0 Å². The van der Waals surface area contributed by atoms with Crippen LogP contribution >= 0.6 is 0 Å². The topological polar surface area (TPSA) is 74.6 Å². The van der Waals surface area contributed by atoms with Gasteiger partial charge in [-0.25, -0.2) is 4.79 Å². The van der Waals surface area contributed by atoms with E-state index in [1.54, 1.807) is 24.3 Å². The molecule has 0 heterocycles. The third-order valence-corrected chi connectivity index (χ3v) is 2.09. The van der Waals surface area contributed by atoms with E-state index in [9.17, 15) is 14.7 Å². The first-order valence-corrected chi connectivity index (χ1v) is 4.52. The Kier molecular flexibility index (Phi) is 3.57. The summed E-state index contributed by atoms with van der Waals surface area (Å²) in [5.41, 5.74) is 1.01. The highest BCUT2D eigenvalue weighted by Gasteiger charge is 2.16. The molecule has 0 radical (unpaired) electrons. The number of carbonyl (C=O) groups excluding carboxylic acids is 1. The van der Waals surface area contributed by atoms with Gasteiger partial charge in [0.1, 0.15) is 0 Å². The molecule has 0 aromatic heterocycles. The molecule has 80 valence electrons. The fourth-order valence-corrected chi connectivity index (χ4v) is 1.34. The zero-order chi connectivity index (χ0) is 11.4. The second kappa shape index (κ2) is 4.70. The number of aliphatic carboxylic acids is 1. The van der Waals surface area contributed by atoms with Gasteiger partial charge in [0.15, 0.2) is 11.9 Å². The van der Waals surface area contributed by atoms with E-state index in [0.717, 1.165) is 0 Å². The van der Waals surface area contributed by atoms with Crippen LogP contribution in [0.1, 0.15) is 22.8 Å². The molecule has 1 rings (SSSR count). The highest BCUT2D eigenvalue weighted by Crippen LogP contribution is 2.12. The molecule has 15 heavy (non-hydrogen) atoms. The number of benzene rings is 1. The number of aliphatic hydroxyl groups is 1. The van der Waals surface area contributed by atoms with Crippen LogP contribution in [-0.2, 0) is 11.2 Å². The van der Waals surface area contributed by atoms with Crippen LogP contribution in [0.15, 0.2) is 24.3 Å². The Hall–Kier alpha value is -1.68. The zero-order valence-electron chi connectivity index (χ0n) is 8.30. The predicted octanol–water partition coefficient (Wildman–Crippen LogP) is 0.877. The summed E-state index contributed by atoms with van der Waals surface area (Å²) in [6.45, 7) is 1.41. The Morgan fingerprint density at radius 3 is 2.47 bits per heavy atom. The van der Waals surface area contributed by atoms with E-state index in [4.69, 9.17) is 5.11 Å². The summed E-state index contributed by atoms with van der Waals surface area (Å²) in [4.78, 5) is 21.6. The van der Waals surface area contributed by atoms with Gasteiger partial charge in [-0.2, -0.15) is 0 Å². The van der Waals surface area contributed by atoms with E-state index in [-0.39, 0.29) is 12.2 Å². The molecule has 0 saturated carbocycles. The molecule has 1 atom stereocenters. The summed E-state index contributed by atoms with van der Waals surface area (Å²) in [5.74, 6) is -1.42. The Morgan fingerprint density at radius 2 is 1.93 bits per heavy atom. The van der Waals surface area contributed by atoms with Crippen molar-refractivity contribution in [2.75, 3.05) is 0 Å². The quantitative estimate of drug-likeness (QED) is 0.720. The van der Waals surface area contributed by atoms with Crippen molar-refractivity contribution in [3.8, 4) is 0 Å². The molecular weight excluding hydrogens is 196 g/mol. The fourth-order valence-electron chi connectivity index (χ4n) is 1.34. The molecule has 1 aromatic rings. The molecule has 1 unspecified atom stereocenters. The van der Waals surface area contributed by atoms with Gasteiger partial charge in [-0.3, -0.25) is 4.79 Å². The van der Waals surface area contributed by atoms with Crippen LogP contribution in [0.4, 0.5) is 0 Å². The van der Waals surface area contributed by atoms with E-state index in [1.165, 1.54) is 6.92 Å². The van der Waals surface area contributed by atoms with Gasteiger partial charge >= 0.3 is 5.97 Å². The van der Waals surface area contributed by atoms with Gasteiger partial charge in [-0.05, 0) is 12.5 Å². The Morgan fingerprint density at radius 1 is 1.33 bits per heavy atom. The lowest BCUT2D eigenvalue weighted by atomic mass is 9.99. The largest absolute Gasteiger partial charge is 0.479 e. The van der Waals surface area contributed by atoms with Crippen LogP contribution in [-0.4, -0.2) is 28.1 Å². The van der Waals surface area contributed by atoms with Crippen molar-refractivity contribution in [1.29, 1.82) is 0 Å². The predicted molar refractivity (Wildman–Crippen MR) is 53.8 cm³/mol. The first-order chi connectivity index (χ1) is 7.02. The van der Waals surface area contributed by atoms with Crippen molar-refractivity contribution in [2.24, 2.45) is 0 Å². The molecule has 0 aliphatic heterocycles. The van der Waals surface area contributed by atoms with E-state index in [0.29, 0.717) is 11.1 Å². The molecule has 1 aromatic carbocycles. The van der Waals surface area contributed by atoms with Gasteiger partial charge < -0.3 is 10.2 Å². The molecule has 0 spiro atoms. The second-order valence-corrected chi connectivity index (χ2v) is 3.27. The summed E-state index contributed by atoms with van der Waals surface area (Å²) in [6, 6.07) is 6.67. The van der Waals surface area contributed by atoms with Crippen molar-refractivity contribution in [3.05, 3.63) is 35.4 Å². The van der Waals surface area contributed by atoms with Crippen LogP contribution in [0.3, 0.4) is 0 Å². The van der Waals surface area contributed by atoms with Crippen LogP contribution in [0.25, 0.3) is 0 Å². The number of rotatable bonds is 4. The molecule has 2 N–H and O–H groups in total. The third kappa shape index (κ3) is 2.89. The Bertz CT molecular complexity index is 384. The van der Waals surface area contributed by atoms with E-state index >= 15 is 0 Å². The number of ketones is 1. The molecule has 0 saturated heterocycles. The minimum atomic E-state index is -1.47. The van der Waals surface area contributed by atoms with Gasteiger partial charge in [-0.15, -0.1) is 0 Å². The molecular formula is C11H12O4. The summed E-state index contributed by atoms with van der Waals surface area (Å²) in [7, 11) is 0. The maximum Gasteiger partial charge on any atom is 0.332 e. The highest BCUT2D eigenvalue weighted by atomic mass is 16.4. The van der Waals surface area contributed by atoms with Crippen molar-refractivity contribution >= 4 is 11.8 Å². The monoisotopic (exact) mass is 208 g/mol. The Labute approximate surface area is 87.2 Å². The SMILES string of the molecule is CC(=O)c1ccccc1CC(O)C(=O)O. The maximum atomic E-state index is 11.2. The number of Topliss-reactive ketones (excluding diaryl/α,β-unsaturated/α-hetero) is 1. The lowest BCUT2D eigenvalue weighted by Gasteiger charge is -2.08. The lowest BCUT2D eigenvalue weighted by molar-refractivity contribution is -0.146. The second-order valence-electron chi connectivity index (χ2n) is 3.27. The van der Waals surface area contributed by atoms with Gasteiger partial charge in [0.2, 0.25) is 0 Å². The van der Waals surface area contributed by atoms with Crippen molar-refractivity contribution in [1.82, 2.24) is 0 Å². The van der Waals surface area contributed by atoms with Crippen molar-refractivity contribution in [3.63, 3.8) is 0 Å². The minimum Gasteiger partial charge on any atom is -0.479 e.